The fraction of sp³-hybridized carbons (Fsp3) is 0.889. The van der Waals surface area contributed by atoms with Crippen LogP contribution in [0.3, 0.4) is 0 Å². The maximum Gasteiger partial charge on any atom is 0.407 e. The van der Waals surface area contributed by atoms with Gasteiger partial charge in [0.05, 0.1) is 0 Å². The fourth-order valence-corrected chi connectivity index (χ4v) is 14.0. The van der Waals surface area contributed by atoms with E-state index in [2.05, 4.69) is 49.5 Å². The van der Waals surface area contributed by atoms with E-state index in [0.29, 0.717) is 64.2 Å². The summed E-state index contributed by atoms with van der Waals surface area (Å²) in [6.07, 6.45) is 3.43. The molecular weight excluding hydrogens is 1470 g/mol. The van der Waals surface area contributed by atoms with Crippen molar-refractivity contribution in [2.24, 2.45) is 5.92 Å². The second-order valence-electron chi connectivity index (χ2n) is 34.2. The van der Waals surface area contributed by atoms with Crippen molar-refractivity contribution in [1.82, 2.24) is 47.4 Å². The molecule has 2 rings (SSSR count). The zero-order valence-corrected chi connectivity index (χ0v) is 71.0. The van der Waals surface area contributed by atoms with Gasteiger partial charge in [0, 0.05) is 57.4 Å². The van der Waals surface area contributed by atoms with E-state index in [1.807, 2.05) is 13.8 Å². The van der Waals surface area contributed by atoms with E-state index in [-0.39, 0.29) is 44.1 Å². The second kappa shape index (κ2) is 54.1. The minimum Gasteiger partial charge on any atom is -0.444 e. The monoisotopic (exact) mass is 1620 g/mol. The summed E-state index contributed by atoms with van der Waals surface area (Å²) in [5, 5.41) is 104. The van der Waals surface area contributed by atoms with E-state index in [4.69, 9.17) is 28.4 Å². The molecule has 0 aromatic rings. The van der Waals surface area contributed by atoms with Crippen molar-refractivity contribution in [3.63, 3.8) is 0 Å². The van der Waals surface area contributed by atoms with Crippen LogP contribution in [0.25, 0.3) is 0 Å². The molecular formula is C81H151N9O23. The Morgan fingerprint density at radius 1 is 0.381 bits per heavy atom. The van der Waals surface area contributed by atoms with Gasteiger partial charge in [0.15, 0.2) is 24.8 Å². The third kappa shape index (κ3) is 44.3. The molecule has 658 valence electrons. The lowest BCUT2D eigenvalue weighted by Crippen LogP contribution is -2.66. The van der Waals surface area contributed by atoms with Gasteiger partial charge in [0.2, 0.25) is 17.7 Å². The molecule has 32 heteroatoms. The minimum absolute atomic E-state index is 0.108. The van der Waals surface area contributed by atoms with Crippen molar-refractivity contribution in [3.05, 3.63) is 0 Å². The average Bonchev–Trinajstić information content (AvgIpc) is 0.807. The highest BCUT2D eigenvalue weighted by molar-refractivity contribution is 5.90. The van der Waals surface area contributed by atoms with Crippen LogP contribution < -0.4 is 42.5 Å². The molecule has 0 aromatic carbocycles. The van der Waals surface area contributed by atoms with Crippen molar-refractivity contribution in [1.29, 1.82) is 0 Å². The van der Waals surface area contributed by atoms with Gasteiger partial charge in [-0.2, -0.15) is 0 Å². The number of carbonyl (C=O) groups excluding carboxylic acids is 9. The summed E-state index contributed by atoms with van der Waals surface area (Å²) in [5.41, 5.74) is -3.46. The number of aliphatic hydroxyl groups excluding tert-OH is 8. The van der Waals surface area contributed by atoms with Crippen LogP contribution in [0.4, 0.5) is 19.2 Å². The minimum atomic E-state index is -2.11. The van der Waals surface area contributed by atoms with Crippen LogP contribution in [0.1, 0.15) is 322 Å². The van der Waals surface area contributed by atoms with Crippen LogP contribution in [0, 0.1) is 5.92 Å². The average molecular weight is 1620 g/mol. The zero-order valence-electron chi connectivity index (χ0n) is 71.0. The van der Waals surface area contributed by atoms with Crippen LogP contribution in [0.2, 0.25) is 0 Å². The van der Waals surface area contributed by atoms with Gasteiger partial charge in [-0.05, 0) is 121 Å². The molecule has 0 aromatic heterocycles. The summed E-state index contributed by atoms with van der Waals surface area (Å²) in [6.45, 7) is 26.9. The highest BCUT2D eigenvalue weighted by Gasteiger charge is 2.49. The van der Waals surface area contributed by atoms with Gasteiger partial charge in [0.1, 0.15) is 77.4 Å². The molecule has 2 aliphatic rings. The molecule has 2 aliphatic heterocycles. The van der Waals surface area contributed by atoms with Gasteiger partial charge in [-0.3, -0.25) is 24.0 Å². The van der Waals surface area contributed by atoms with Gasteiger partial charge in [-0.25, -0.2) is 19.2 Å². The molecule has 0 bridgehead atoms. The first-order valence-electron chi connectivity index (χ1n) is 42.2. The molecule has 0 saturated carbocycles. The predicted molar refractivity (Wildman–Crippen MR) is 426 cm³/mol. The normalized spacial score (nSPS) is 21.7. The molecule has 16 N–H and O–H groups in total. The molecule has 32 nitrogen and oxygen atoms in total. The van der Waals surface area contributed by atoms with Crippen LogP contribution in [0.5, 0.6) is 0 Å². The van der Waals surface area contributed by atoms with E-state index in [0.717, 1.165) is 49.8 Å². The molecule has 0 spiro atoms. The number of carbonyl (C=O) groups is 9. The van der Waals surface area contributed by atoms with Gasteiger partial charge < -0.3 is 117 Å². The third-order valence-electron chi connectivity index (χ3n) is 19.9. The summed E-state index contributed by atoms with van der Waals surface area (Å²) in [6, 6.07) is -1.73. The number of ether oxygens (including phenoxy) is 6. The Labute approximate surface area is 673 Å². The summed E-state index contributed by atoms with van der Waals surface area (Å²) in [7, 11) is 0. The third-order valence-corrected chi connectivity index (χ3v) is 19.9. The van der Waals surface area contributed by atoms with Crippen molar-refractivity contribution in [3.8, 4) is 0 Å². The Kier molecular flexibility index (Phi) is 49.4. The number of unbranched alkanes of at least 4 members (excludes halogenated alkanes) is 22. The molecule has 15 atom stereocenters. The van der Waals surface area contributed by atoms with E-state index in [1.54, 1.807) is 69.2 Å². The quantitative estimate of drug-likeness (QED) is 0.0154. The number of aliphatic hydroxyl groups is 8. The smallest absolute Gasteiger partial charge is 0.407 e. The Balaban J connectivity index is 2.27. The number of hydrogen-bond donors (Lipinski definition) is 16. The van der Waals surface area contributed by atoms with Crippen LogP contribution in [0.15, 0.2) is 0 Å². The van der Waals surface area contributed by atoms with Crippen LogP contribution >= 0.6 is 0 Å². The van der Waals surface area contributed by atoms with E-state index >= 15 is 0 Å². The Hall–Kier alpha value is -5.97. The summed E-state index contributed by atoms with van der Waals surface area (Å²) < 4.78 is 33.0. The van der Waals surface area contributed by atoms with Gasteiger partial charge >= 0.3 is 24.4 Å². The molecule has 2 heterocycles. The van der Waals surface area contributed by atoms with Crippen molar-refractivity contribution in [2.45, 2.75) is 436 Å². The topological polar surface area (TPSA) is 470 Å². The largest absolute Gasteiger partial charge is 0.444 e. The predicted octanol–water partition coefficient (Wildman–Crippen LogP) is 8.68. The Bertz CT molecular complexity index is 2630. The first-order valence-corrected chi connectivity index (χ1v) is 42.2. The molecule has 15 unspecified atom stereocenters. The number of hydrogen-bond acceptors (Lipinski definition) is 23. The van der Waals surface area contributed by atoms with Crippen LogP contribution in [-0.4, -0.2) is 234 Å². The van der Waals surface area contributed by atoms with Gasteiger partial charge in [-0.1, -0.05) is 181 Å². The SMILES string of the molecule is CCCCCCCCCCCCCCCCCCCCCCC(NC(=O)CCC(=O)N(C(C)NC(=O)C1OC(O)C(O)C(O)C1O)C(C)NC(=O)C1OC(O)C(O)C(O)C1O)C(=O)NCCCCCCC(CNC(=O)OC(C)(C)CC(CCC)NC(=O)OC(C)(C)C)CNC(=O)OC(C)(C)CC(CCC)NC(=O)OC(C)(C)C. The first kappa shape index (κ1) is 103. The lowest BCUT2D eigenvalue weighted by molar-refractivity contribution is -0.276. The van der Waals surface area contributed by atoms with E-state index in [9.17, 15) is 84.0 Å². The standard InChI is InChI=1S/C81H151N9O23/c1-16-19-20-21-22-23-24-25-26-27-28-29-30-31-32-33-34-35-36-40-45-58(89-59(91)46-47-60(92)90(53(4)85-70(100)67-63(95)61(93)65(97)72(102)108-67)54(5)86-71(101)68-64(96)62(94)66(98)73(103)109-68)69(99)82-48-41-38-37-39-44-55(51-83-74(104)112-80(12,13)49-56(42-17-2)87-76(106)110-78(6,7)8)52-84-75(105)113-81(14,15)50-57(43-18-3)88-77(107)111-79(9,10)11/h53-58,61-68,72-73,93-98,102-103H,16-52H2,1-15H3,(H,82,99)(H,83,104)(H,84,105)(H,85,100)(H,86,101)(H,87,106)(H,88,107)(H,89,91). The Morgan fingerprint density at radius 3 is 1.10 bits per heavy atom. The number of nitrogens with zero attached hydrogens (tertiary/aromatic N) is 1. The lowest BCUT2D eigenvalue weighted by atomic mass is 9.96. The first-order chi connectivity index (χ1) is 53.0. The molecule has 9 amide bonds. The summed E-state index contributed by atoms with van der Waals surface area (Å²) >= 11 is 0. The molecule has 0 radical (unpaired) electrons. The maximum atomic E-state index is 14.4. The molecule has 113 heavy (non-hydrogen) atoms. The van der Waals surface area contributed by atoms with Crippen LogP contribution in [-0.2, 0) is 52.4 Å². The van der Waals surface area contributed by atoms with E-state index < -0.39 is 169 Å². The second-order valence-corrected chi connectivity index (χ2v) is 34.2. The fourth-order valence-electron chi connectivity index (χ4n) is 14.0. The van der Waals surface area contributed by atoms with Gasteiger partial charge in [-0.15, -0.1) is 0 Å². The van der Waals surface area contributed by atoms with Crippen molar-refractivity contribution in [2.75, 3.05) is 19.6 Å². The molecule has 2 fully saturated rings. The summed E-state index contributed by atoms with van der Waals surface area (Å²) in [5.74, 6) is -4.72. The highest BCUT2D eigenvalue weighted by Crippen LogP contribution is 2.27. The van der Waals surface area contributed by atoms with Crippen molar-refractivity contribution < 1.29 is 112 Å². The summed E-state index contributed by atoms with van der Waals surface area (Å²) in [4.78, 5) is 123. The lowest BCUT2D eigenvalue weighted by Gasteiger charge is -2.41. The number of alkyl carbamates (subject to hydrolysis) is 4. The zero-order chi connectivity index (χ0) is 85.1. The van der Waals surface area contributed by atoms with Gasteiger partial charge in [0.25, 0.3) is 11.8 Å². The highest BCUT2D eigenvalue weighted by atomic mass is 16.6. The number of nitrogens with one attached hydrogen (secondary N) is 8. The molecule has 2 saturated heterocycles. The Morgan fingerprint density at radius 2 is 0.735 bits per heavy atom. The maximum absolute atomic E-state index is 14.4. The van der Waals surface area contributed by atoms with E-state index in [1.165, 1.54) is 104 Å². The van der Waals surface area contributed by atoms with Crippen molar-refractivity contribution >= 4 is 53.9 Å². The molecule has 0 aliphatic carbocycles. The number of amides is 9. The number of rotatable bonds is 55.